The van der Waals surface area contributed by atoms with E-state index in [1.807, 2.05) is 25.6 Å². The van der Waals surface area contributed by atoms with Gasteiger partial charge in [-0.25, -0.2) is 4.98 Å². The van der Waals surface area contributed by atoms with Crippen molar-refractivity contribution < 1.29 is 4.42 Å². The van der Waals surface area contributed by atoms with Crippen molar-refractivity contribution in [1.29, 1.82) is 0 Å². The van der Waals surface area contributed by atoms with Crippen molar-refractivity contribution in [2.24, 2.45) is 11.8 Å². The fourth-order valence-corrected chi connectivity index (χ4v) is 4.48. The van der Waals surface area contributed by atoms with Crippen LogP contribution in [0.5, 0.6) is 0 Å². The molecular formula is C16H28N2OS. The molecule has 0 bridgehead atoms. The number of aromatic nitrogens is 1. The van der Waals surface area contributed by atoms with E-state index in [4.69, 9.17) is 4.42 Å². The Morgan fingerprint density at radius 3 is 2.65 bits per heavy atom. The van der Waals surface area contributed by atoms with Gasteiger partial charge in [-0.1, -0.05) is 32.5 Å². The monoisotopic (exact) mass is 296 g/mol. The van der Waals surface area contributed by atoms with Gasteiger partial charge in [0.1, 0.15) is 5.76 Å². The summed E-state index contributed by atoms with van der Waals surface area (Å²) in [5.41, 5.74) is 1.02. The lowest BCUT2D eigenvalue weighted by atomic mass is 9.80. The molecule has 0 aromatic carbocycles. The van der Waals surface area contributed by atoms with Gasteiger partial charge in [0.2, 0.25) is 0 Å². The highest BCUT2D eigenvalue weighted by Gasteiger charge is 2.35. The van der Waals surface area contributed by atoms with E-state index in [1.54, 1.807) is 0 Å². The molecule has 3 nitrogen and oxygen atoms in total. The summed E-state index contributed by atoms with van der Waals surface area (Å²) >= 11 is 1.83. The van der Waals surface area contributed by atoms with Crippen LogP contribution >= 0.6 is 11.8 Å². The molecule has 114 valence electrons. The zero-order chi connectivity index (χ0) is 14.7. The molecule has 4 heteroatoms. The zero-order valence-corrected chi connectivity index (χ0v) is 14.2. The van der Waals surface area contributed by atoms with Crippen LogP contribution < -0.4 is 5.32 Å². The minimum absolute atomic E-state index is 0.565. The smallest absolute Gasteiger partial charge is 0.256 e. The lowest BCUT2D eigenvalue weighted by molar-refractivity contribution is 0.248. The minimum atomic E-state index is 0.565. The Kier molecular flexibility index (Phi) is 5.56. The molecule has 1 heterocycles. The number of rotatable bonds is 5. The van der Waals surface area contributed by atoms with Crippen molar-refractivity contribution in [3.8, 4) is 0 Å². The molecule has 4 unspecified atom stereocenters. The number of thioether (sulfide) groups is 1. The van der Waals surface area contributed by atoms with Gasteiger partial charge in [-0.2, -0.15) is 0 Å². The maximum atomic E-state index is 5.77. The van der Waals surface area contributed by atoms with Crippen LogP contribution in [0.1, 0.15) is 51.5 Å². The topological polar surface area (TPSA) is 38.1 Å². The molecule has 1 aromatic rings. The predicted molar refractivity (Wildman–Crippen MR) is 85.3 cm³/mol. The van der Waals surface area contributed by atoms with Gasteiger partial charge in [0, 0.05) is 11.3 Å². The third-order valence-electron chi connectivity index (χ3n) is 4.29. The standard InChI is InChI=1S/C16H28N2OS/c1-6-7-17-14-9-10(2)8-11(3)15(14)20-16-18-12(4)13(5)19-16/h10-11,14-15,17H,6-9H2,1-5H3. The van der Waals surface area contributed by atoms with E-state index in [1.165, 1.54) is 19.3 Å². The van der Waals surface area contributed by atoms with Gasteiger partial charge in [-0.15, -0.1) is 0 Å². The molecular weight excluding hydrogens is 268 g/mol. The minimum Gasteiger partial charge on any atom is -0.437 e. The van der Waals surface area contributed by atoms with E-state index in [0.717, 1.165) is 29.1 Å². The largest absolute Gasteiger partial charge is 0.437 e. The van der Waals surface area contributed by atoms with Crippen molar-refractivity contribution in [2.75, 3.05) is 6.54 Å². The predicted octanol–water partition coefficient (Wildman–Crippen LogP) is 4.19. The number of hydrogen-bond donors (Lipinski definition) is 1. The van der Waals surface area contributed by atoms with Gasteiger partial charge in [0.15, 0.2) is 0 Å². The molecule has 1 fully saturated rings. The molecule has 20 heavy (non-hydrogen) atoms. The second kappa shape index (κ2) is 6.99. The molecule has 1 saturated carbocycles. The van der Waals surface area contributed by atoms with Gasteiger partial charge in [-0.05, 0) is 51.5 Å². The Morgan fingerprint density at radius 1 is 1.30 bits per heavy atom. The quantitative estimate of drug-likeness (QED) is 0.884. The Morgan fingerprint density at radius 2 is 2.05 bits per heavy atom. The van der Waals surface area contributed by atoms with Gasteiger partial charge >= 0.3 is 0 Å². The van der Waals surface area contributed by atoms with Gasteiger partial charge < -0.3 is 9.73 Å². The number of hydrogen-bond acceptors (Lipinski definition) is 4. The third kappa shape index (κ3) is 3.79. The maximum Gasteiger partial charge on any atom is 0.256 e. The summed E-state index contributed by atoms with van der Waals surface area (Å²) < 4.78 is 5.77. The van der Waals surface area contributed by atoms with Crippen LogP contribution in [0.3, 0.4) is 0 Å². The molecule has 0 saturated heterocycles. The van der Waals surface area contributed by atoms with Crippen molar-refractivity contribution in [2.45, 2.75) is 70.4 Å². The SMILES string of the molecule is CCCNC1CC(C)CC(C)C1Sc1nc(C)c(C)o1. The first-order valence-electron chi connectivity index (χ1n) is 7.85. The summed E-state index contributed by atoms with van der Waals surface area (Å²) in [5.74, 6) is 2.46. The molecule has 0 spiro atoms. The second-order valence-electron chi connectivity index (χ2n) is 6.32. The Balaban J connectivity index is 2.07. The van der Waals surface area contributed by atoms with Crippen LogP contribution in [0.4, 0.5) is 0 Å². The van der Waals surface area contributed by atoms with Crippen LogP contribution in [0.2, 0.25) is 0 Å². The number of oxazole rings is 1. The van der Waals surface area contributed by atoms with E-state index in [0.29, 0.717) is 17.2 Å². The van der Waals surface area contributed by atoms with E-state index in [9.17, 15) is 0 Å². The first-order chi connectivity index (χ1) is 9.51. The fourth-order valence-electron chi connectivity index (χ4n) is 3.17. The van der Waals surface area contributed by atoms with Crippen LogP contribution in [-0.4, -0.2) is 22.8 Å². The molecule has 1 aromatic heterocycles. The van der Waals surface area contributed by atoms with Crippen LogP contribution in [0.25, 0.3) is 0 Å². The zero-order valence-electron chi connectivity index (χ0n) is 13.4. The maximum absolute atomic E-state index is 5.77. The lowest BCUT2D eigenvalue weighted by Crippen LogP contribution is -2.46. The first kappa shape index (κ1) is 15.9. The first-order valence-corrected chi connectivity index (χ1v) is 8.73. The second-order valence-corrected chi connectivity index (χ2v) is 7.45. The molecule has 1 aliphatic carbocycles. The molecule has 1 aliphatic rings. The average Bonchev–Trinajstić information content (AvgIpc) is 2.69. The van der Waals surface area contributed by atoms with E-state index in [-0.39, 0.29) is 0 Å². The highest BCUT2D eigenvalue weighted by molar-refractivity contribution is 7.99. The Bertz CT molecular complexity index is 413. The van der Waals surface area contributed by atoms with Gasteiger partial charge in [-0.3, -0.25) is 0 Å². The average molecular weight is 296 g/mol. The summed E-state index contributed by atoms with van der Waals surface area (Å²) in [7, 11) is 0. The van der Waals surface area contributed by atoms with Crippen molar-refractivity contribution in [1.82, 2.24) is 10.3 Å². The highest BCUT2D eigenvalue weighted by atomic mass is 32.2. The van der Waals surface area contributed by atoms with Crippen LogP contribution in [-0.2, 0) is 0 Å². The molecule has 2 rings (SSSR count). The Hall–Kier alpha value is -0.480. The van der Waals surface area contributed by atoms with Gasteiger partial charge in [0.25, 0.3) is 5.22 Å². The number of nitrogens with zero attached hydrogens (tertiary/aromatic N) is 1. The summed E-state index contributed by atoms with van der Waals surface area (Å²) in [5, 5.41) is 5.14. The van der Waals surface area contributed by atoms with E-state index < -0.39 is 0 Å². The summed E-state index contributed by atoms with van der Waals surface area (Å²) in [6.07, 6.45) is 3.76. The van der Waals surface area contributed by atoms with Gasteiger partial charge in [0.05, 0.1) is 5.69 Å². The van der Waals surface area contributed by atoms with Crippen LogP contribution in [0, 0.1) is 25.7 Å². The van der Waals surface area contributed by atoms with Crippen molar-refractivity contribution in [3.05, 3.63) is 11.5 Å². The molecule has 0 amide bonds. The summed E-state index contributed by atoms with van der Waals surface area (Å²) in [6.45, 7) is 12.1. The number of aryl methyl sites for hydroxylation is 2. The highest BCUT2D eigenvalue weighted by Crippen LogP contribution is 2.39. The normalized spacial score (nSPS) is 30.6. The molecule has 0 aliphatic heterocycles. The third-order valence-corrected chi connectivity index (χ3v) is 5.73. The summed E-state index contributed by atoms with van der Waals surface area (Å²) in [6, 6.07) is 0.575. The lowest BCUT2D eigenvalue weighted by Gasteiger charge is -2.39. The fraction of sp³-hybridized carbons (Fsp3) is 0.812. The van der Waals surface area contributed by atoms with E-state index in [2.05, 4.69) is 31.1 Å². The van der Waals surface area contributed by atoms with E-state index >= 15 is 0 Å². The number of nitrogens with one attached hydrogen (secondary N) is 1. The molecule has 4 atom stereocenters. The molecule has 1 N–H and O–H groups in total. The van der Waals surface area contributed by atoms with Crippen molar-refractivity contribution in [3.63, 3.8) is 0 Å². The Labute approximate surface area is 127 Å². The van der Waals surface area contributed by atoms with Crippen molar-refractivity contribution >= 4 is 11.8 Å². The van der Waals surface area contributed by atoms with Crippen LogP contribution in [0.15, 0.2) is 9.64 Å². The summed E-state index contributed by atoms with van der Waals surface area (Å²) in [4.78, 5) is 4.54. The molecule has 0 radical (unpaired) electrons.